The molecule has 0 saturated heterocycles. The highest BCUT2D eigenvalue weighted by Gasteiger charge is 2.41. The summed E-state index contributed by atoms with van der Waals surface area (Å²) in [6.45, 7) is 4.18. The van der Waals surface area contributed by atoms with Crippen LogP contribution in [0.4, 0.5) is 18.9 Å². The maximum atomic E-state index is 13.0. The first-order chi connectivity index (χ1) is 11.3. The van der Waals surface area contributed by atoms with Crippen LogP contribution >= 0.6 is 0 Å². The Morgan fingerprint density at radius 2 is 1.62 bits per heavy atom. The molecule has 0 N–H and O–H groups in total. The van der Waals surface area contributed by atoms with E-state index in [0.717, 1.165) is 11.3 Å². The Morgan fingerprint density at radius 3 is 2.12 bits per heavy atom. The monoisotopic (exact) mass is 333 g/mol. The minimum Gasteiger partial charge on any atom is -0.348 e. The molecule has 126 valence electrons. The minimum atomic E-state index is -4.92. The summed E-state index contributed by atoms with van der Waals surface area (Å²) in [7, 11) is 0. The van der Waals surface area contributed by atoms with Gasteiger partial charge in [0.25, 0.3) is 5.78 Å². The molecule has 5 heteroatoms. The summed E-state index contributed by atoms with van der Waals surface area (Å²) in [5, 5.41) is 0. The van der Waals surface area contributed by atoms with Gasteiger partial charge in [0.1, 0.15) is 0 Å². The fourth-order valence-electron chi connectivity index (χ4n) is 2.28. The Kier molecular flexibility index (Phi) is 5.44. The van der Waals surface area contributed by atoms with E-state index in [9.17, 15) is 18.0 Å². The lowest BCUT2D eigenvalue weighted by Crippen LogP contribution is -2.26. The lowest BCUT2D eigenvalue weighted by atomic mass is 10.0. The van der Waals surface area contributed by atoms with Crippen LogP contribution in [0.15, 0.2) is 60.8 Å². The zero-order chi connectivity index (χ0) is 17.7. The van der Waals surface area contributed by atoms with Gasteiger partial charge in [0.15, 0.2) is 0 Å². The Morgan fingerprint density at radius 1 is 1.04 bits per heavy atom. The summed E-state index contributed by atoms with van der Waals surface area (Å²) in [6.07, 6.45) is -3.65. The van der Waals surface area contributed by atoms with Crippen molar-refractivity contribution in [3.63, 3.8) is 0 Å². The van der Waals surface area contributed by atoms with Crippen molar-refractivity contribution in [2.75, 3.05) is 11.4 Å². The Balaban J connectivity index is 2.50. The number of hydrogen-bond acceptors (Lipinski definition) is 2. The van der Waals surface area contributed by atoms with Gasteiger partial charge in [0.2, 0.25) is 0 Å². The average Bonchev–Trinajstić information content (AvgIpc) is 2.56. The summed E-state index contributed by atoms with van der Waals surface area (Å²) in [4.78, 5) is 13.5. The molecule has 0 amide bonds. The van der Waals surface area contributed by atoms with Crippen molar-refractivity contribution in [2.24, 2.45) is 0 Å². The summed E-state index contributed by atoms with van der Waals surface area (Å²) < 4.78 is 39.0. The third-order valence-electron chi connectivity index (χ3n) is 3.58. The number of carbonyl (C=O) groups excluding carboxylic acids is 1. The number of Topliss-reactive ketones (excluding diaryl/α,β-unsaturated/α-hetero) is 1. The lowest BCUT2D eigenvalue weighted by molar-refractivity contribution is -0.164. The van der Waals surface area contributed by atoms with Gasteiger partial charge < -0.3 is 4.90 Å². The normalized spacial score (nSPS) is 12.1. The van der Waals surface area contributed by atoms with Gasteiger partial charge >= 0.3 is 6.18 Å². The van der Waals surface area contributed by atoms with E-state index in [1.54, 1.807) is 23.1 Å². The first-order valence-corrected chi connectivity index (χ1v) is 7.55. The minimum absolute atomic E-state index is 0.241. The first-order valence-electron chi connectivity index (χ1n) is 7.55. The molecule has 0 bridgehead atoms. The van der Waals surface area contributed by atoms with E-state index in [1.165, 1.54) is 18.3 Å². The number of halogens is 3. The molecule has 0 aromatic heterocycles. The molecule has 0 atom stereocenters. The quantitative estimate of drug-likeness (QED) is 0.718. The Hall–Kier alpha value is -2.56. The summed E-state index contributed by atoms with van der Waals surface area (Å²) >= 11 is 0. The second-order valence-electron chi connectivity index (χ2n) is 5.36. The highest BCUT2D eigenvalue weighted by atomic mass is 19.4. The van der Waals surface area contributed by atoms with Gasteiger partial charge in [-0.25, -0.2) is 0 Å². The standard InChI is InChI=1S/C19H18F3NO/c1-3-23(16-11-9-14(2)10-12-16)13-17(18(24)19(20,21)22)15-7-5-4-6-8-15/h4-13H,3H2,1-2H3/b17-13+. The molecule has 0 aliphatic carbocycles. The number of allylic oxidation sites excluding steroid dienone is 1. The van der Waals surface area contributed by atoms with Gasteiger partial charge in [-0.2, -0.15) is 13.2 Å². The van der Waals surface area contributed by atoms with Crippen molar-refractivity contribution in [3.05, 3.63) is 71.9 Å². The molecule has 0 aliphatic rings. The number of alkyl halides is 3. The van der Waals surface area contributed by atoms with Crippen LogP contribution in [0.2, 0.25) is 0 Å². The molecular formula is C19H18F3NO. The van der Waals surface area contributed by atoms with Crippen molar-refractivity contribution in [1.82, 2.24) is 0 Å². The molecule has 2 nitrogen and oxygen atoms in total. The third-order valence-corrected chi connectivity index (χ3v) is 3.58. The first kappa shape index (κ1) is 17.8. The molecular weight excluding hydrogens is 315 g/mol. The Labute approximate surface area is 139 Å². The maximum absolute atomic E-state index is 13.0. The number of carbonyl (C=O) groups is 1. The molecule has 2 aromatic carbocycles. The molecule has 0 saturated carbocycles. The van der Waals surface area contributed by atoms with E-state index >= 15 is 0 Å². The van der Waals surface area contributed by atoms with Crippen LogP contribution in [-0.4, -0.2) is 18.5 Å². The number of rotatable bonds is 5. The predicted octanol–water partition coefficient (Wildman–Crippen LogP) is 4.99. The molecule has 0 unspecified atom stereocenters. The van der Waals surface area contributed by atoms with Crippen LogP contribution in [-0.2, 0) is 4.79 Å². The van der Waals surface area contributed by atoms with Crippen LogP contribution in [0.1, 0.15) is 18.1 Å². The van der Waals surface area contributed by atoms with Crippen LogP contribution in [0.25, 0.3) is 5.57 Å². The van der Waals surface area contributed by atoms with Crippen molar-refractivity contribution in [2.45, 2.75) is 20.0 Å². The summed E-state index contributed by atoms with van der Waals surface area (Å²) in [6, 6.07) is 15.3. The van der Waals surface area contributed by atoms with E-state index in [4.69, 9.17) is 0 Å². The fourth-order valence-corrected chi connectivity index (χ4v) is 2.28. The summed E-state index contributed by atoms with van der Waals surface area (Å²) in [5.74, 6) is -1.85. The van der Waals surface area contributed by atoms with Crippen LogP contribution < -0.4 is 4.90 Å². The molecule has 0 heterocycles. The number of anilines is 1. The Bertz CT molecular complexity index is 719. The molecule has 0 spiro atoms. The SMILES string of the molecule is CCN(/C=C(/C(=O)C(F)(F)F)c1ccccc1)c1ccc(C)cc1. The molecule has 2 rings (SSSR count). The van der Waals surface area contributed by atoms with Gasteiger partial charge in [-0.15, -0.1) is 0 Å². The molecule has 0 fully saturated rings. The second-order valence-corrected chi connectivity index (χ2v) is 5.36. The fraction of sp³-hybridized carbons (Fsp3) is 0.211. The van der Waals surface area contributed by atoms with Crippen molar-refractivity contribution < 1.29 is 18.0 Å². The smallest absolute Gasteiger partial charge is 0.348 e. The van der Waals surface area contributed by atoms with Crippen molar-refractivity contribution in [3.8, 4) is 0 Å². The summed E-state index contributed by atoms with van der Waals surface area (Å²) in [5.41, 5.74) is 1.65. The number of benzene rings is 2. The highest BCUT2D eigenvalue weighted by Crippen LogP contribution is 2.28. The average molecular weight is 333 g/mol. The predicted molar refractivity (Wildman–Crippen MR) is 89.7 cm³/mol. The van der Waals surface area contributed by atoms with E-state index in [2.05, 4.69) is 0 Å². The molecule has 0 radical (unpaired) electrons. The van der Waals surface area contributed by atoms with E-state index in [1.807, 2.05) is 38.1 Å². The maximum Gasteiger partial charge on any atom is 0.454 e. The molecule has 24 heavy (non-hydrogen) atoms. The van der Waals surface area contributed by atoms with Crippen LogP contribution in [0.3, 0.4) is 0 Å². The van der Waals surface area contributed by atoms with E-state index in [-0.39, 0.29) is 11.1 Å². The van der Waals surface area contributed by atoms with E-state index in [0.29, 0.717) is 6.54 Å². The highest BCUT2D eigenvalue weighted by molar-refractivity contribution is 6.23. The van der Waals surface area contributed by atoms with Gasteiger partial charge in [-0.1, -0.05) is 48.0 Å². The van der Waals surface area contributed by atoms with Gasteiger partial charge in [0.05, 0.1) is 5.57 Å². The third kappa shape index (κ3) is 4.25. The van der Waals surface area contributed by atoms with Crippen LogP contribution in [0.5, 0.6) is 0 Å². The molecule has 2 aromatic rings. The molecule has 0 aliphatic heterocycles. The van der Waals surface area contributed by atoms with E-state index < -0.39 is 12.0 Å². The van der Waals surface area contributed by atoms with Gasteiger partial charge in [-0.05, 0) is 31.5 Å². The lowest BCUT2D eigenvalue weighted by Gasteiger charge is -2.21. The van der Waals surface area contributed by atoms with Gasteiger partial charge in [-0.3, -0.25) is 4.79 Å². The van der Waals surface area contributed by atoms with Crippen molar-refractivity contribution in [1.29, 1.82) is 0 Å². The van der Waals surface area contributed by atoms with Gasteiger partial charge in [0, 0.05) is 18.4 Å². The topological polar surface area (TPSA) is 20.3 Å². The number of aryl methyl sites for hydroxylation is 1. The number of ketones is 1. The number of hydrogen-bond donors (Lipinski definition) is 0. The number of nitrogens with zero attached hydrogens (tertiary/aromatic N) is 1. The van der Waals surface area contributed by atoms with Crippen LogP contribution in [0, 0.1) is 6.92 Å². The zero-order valence-corrected chi connectivity index (χ0v) is 13.5. The zero-order valence-electron chi connectivity index (χ0n) is 13.5. The van der Waals surface area contributed by atoms with Crippen molar-refractivity contribution >= 4 is 17.0 Å². The second kappa shape index (κ2) is 7.34. The largest absolute Gasteiger partial charge is 0.454 e.